The van der Waals surface area contributed by atoms with Crippen molar-refractivity contribution in [2.24, 2.45) is 0 Å². The maximum absolute atomic E-state index is 11.2. The summed E-state index contributed by atoms with van der Waals surface area (Å²) in [7, 11) is -0.651. The third-order valence-electron chi connectivity index (χ3n) is 1.38. The first-order valence-corrected chi connectivity index (χ1v) is 5.52. The largest absolute Gasteiger partial charge is 0.314 e. The highest BCUT2D eigenvalue weighted by atomic mass is 32.2. The van der Waals surface area contributed by atoms with Gasteiger partial charge in [0.05, 0.1) is 0 Å². The molecule has 2 nitrogen and oxygen atoms in total. The third kappa shape index (κ3) is 6.51. The smallest absolute Gasteiger partial charge is 0.0362 e. The fourth-order valence-electron chi connectivity index (χ4n) is 0.684. The minimum atomic E-state index is -0.651. The van der Waals surface area contributed by atoms with Crippen LogP contribution in [0.15, 0.2) is 0 Å². The van der Waals surface area contributed by atoms with E-state index in [0.29, 0.717) is 11.3 Å². The maximum Gasteiger partial charge on any atom is 0.0362 e. The number of rotatable bonds is 5. The minimum absolute atomic E-state index is 0.295. The molecule has 0 aromatic heterocycles. The van der Waals surface area contributed by atoms with Gasteiger partial charge in [0, 0.05) is 34.4 Å². The summed E-state index contributed by atoms with van der Waals surface area (Å²) in [6.45, 7) is 9.04. The van der Waals surface area contributed by atoms with Crippen molar-refractivity contribution in [3.63, 3.8) is 0 Å². The molecule has 0 fully saturated rings. The average molecular weight is 177 g/mol. The van der Waals surface area contributed by atoms with Crippen LogP contribution in [0.25, 0.3) is 0 Å². The molecule has 68 valence electrons. The van der Waals surface area contributed by atoms with Gasteiger partial charge in [-0.15, -0.1) is 0 Å². The molecule has 1 unspecified atom stereocenters. The second-order valence-electron chi connectivity index (χ2n) is 3.24. The van der Waals surface area contributed by atoms with E-state index < -0.39 is 10.8 Å². The Morgan fingerprint density at radius 2 is 1.82 bits per heavy atom. The number of hydrogen-bond acceptors (Lipinski definition) is 2. The quantitative estimate of drug-likeness (QED) is 0.682. The van der Waals surface area contributed by atoms with E-state index in [9.17, 15) is 4.21 Å². The summed E-state index contributed by atoms with van der Waals surface area (Å²) in [6.07, 6.45) is 0. The van der Waals surface area contributed by atoms with Gasteiger partial charge in [-0.1, -0.05) is 27.7 Å². The molecule has 0 aliphatic rings. The Balaban J connectivity index is 3.32. The highest BCUT2D eigenvalue weighted by molar-refractivity contribution is 7.85. The molecule has 0 saturated carbocycles. The maximum atomic E-state index is 11.2. The van der Waals surface area contributed by atoms with Gasteiger partial charge in [-0.3, -0.25) is 4.21 Å². The van der Waals surface area contributed by atoms with Gasteiger partial charge in [0.15, 0.2) is 0 Å². The van der Waals surface area contributed by atoms with E-state index in [1.807, 2.05) is 13.8 Å². The molecule has 0 aromatic rings. The van der Waals surface area contributed by atoms with Crippen LogP contribution in [0.3, 0.4) is 0 Å². The summed E-state index contributed by atoms with van der Waals surface area (Å²) in [6, 6.07) is 0.499. The van der Waals surface area contributed by atoms with Gasteiger partial charge in [0.1, 0.15) is 0 Å². The molecular formula is C8H19NOS. The molecule has 0 heterocycles. The molecule has 0 amide bonds. The van der Waals surface area contributed by atoms with E-state index in [0.717, 1.165) is 12.3 Å². The van der Waals surface area contributed by atoms with Gasteiger partial charge in [0.2, 0.25) is 0 Å². The first kappa shape index (κ1) is 11.1. The second kappa shape index (κ2) is 5.72. The number of nitrogens with one attached hydrogen (secondary N) is 1. The molecule has 1 N–H and O–H groups in total. The van der Waals surface area contributed by atoms with E-state index in [2.05, 4.69) is 19.2 Å². The summed E-state index contributed by atoms with van der Waals surface area (Å²) >= 11 is 0. The number of hydrogen-bond donors (Lipinski definition) is 1. The Labute approximate surface area is 72.2 Å². The van der Waals surface area contributed by atoms with Crippen LogP contribution >= 0.6 is 0 Å². The van der Waals surface area contributed by atoms with Gasteiger partial charge in [0.25, 0.3) is 0 Å². The highest BCUT2D eigenvalue weighted by Crippen LogP contribution is 1.92. The van der Waals surface area contributed by atoms with Crippen molar-refractivity contribution >= 4 is 10.8 Å². The summed E-state index contributed by atoms with van der Waals surface area (Å²) in [5.74, 6) is 0.774. The van der Waals surface area contributed by atoms with Crippen LogP contribution in [0.2, 0.25) is 0 Å². The molecule has 0 saturated heterocycles. The lowest BCUT2D eigenvalue weighted by Gasteiger charge is -2.08. The first-order chi connectivity index (χ1) is 5.04. The van der Waals surface area contributed by atoms with Crippen molar-refractivity contribution in [1.82, 2.24) is 5.32 Å². The predicted molar refractivity (Wildman–Crippen MR) is 51.3 cm³/mol. The lowest BCUT2D eigenvalue weighted by atomic mass is 10.4. The minimum Gasteiger partial charge on any atom is -0.314 e. The van der Waals surface area contributed by atoms with Crippen LogP contribution < -0.4 is 5.32 Å². The van der Waals surface area contributed by atoms with Crippen LogP contribution in [0.4, 0.5) is 0 Å². The summed E-state index contributed by atoms with van der Waals surface area (Å²) in [4.78, 5) is 0. The molecule has 0 spiro atoms. The van der Waals surface area contributed by atoms with E-state index in [1.165, 1.54) is 0 Å². The van der Waals surface area contributed by atoms with Crippen molar-refractivity contribution in [2.45, 2.75) is 39.0 Å². The SMILES string of the molecule is CC(C)NCCS(=O)C(C)C. The third-order valence-corrected chi connectivity index (χ3v) is 3.04. The standard InChI is InChI=1S/C8H19NOS/c1-7(2)9-5-6-11(10)8(3)4/h7-9H,5-6H2,1-4H3. The van der Waals surface area contributed by atoms with Crippen molar-refractivity contribution in [3.05, 3.63) is 0 Å². The van der Waals surface area contributed by atoms with Crippen LogP contribution in [0.1, 0.15) is 27.7 Å². The molecule has 0 bridgehead atoms. The monoisotopic (exact) mass is 177 g/mol. The summed E-state index contributed by atoms with van der Waals surface area (Å²) in [5, 5.41) is 3.53. The zero-order chi connectivity index (χ0) is 8.85. The second-order valence-corrected chi connectivity index (χ2v) is 5.35. The summed E-state index contributed by atoms with van der Waals surface area (Å²) < 4.78 is 11.2. The first-order valence-electron chi connectivity index (χ1n) is 4.14. The molecule has 0 radical (unpaired) electrons. The van der Waals surface area contributed by atoms with Gasteiger partial charge in [-0.25, -0.2) is 0 Å². The molecule has 11 heavy (non-hydrogen) atoms. The average Bonchev–Trinajstić information content (AvgIpc) is 1.86. The fourth-order valence-corrected chi connectivity index (χ4v) is 1.47. The van der Waals surface area contributed by atoms with E-state index in [1.54, 1.807) is 0 Å². The molecule has 0 aliphatic heterocycles. The van der Waals surface area contributed by atoms with Gasteiger partial charge in [-0.05, 0) is 0 Å². The van der Waals surface area contributed by atoms with Crippen molar-refractivity contribution in [1.29, 1.82) is 0 Å². The molecular weight excluding hydrogens is 158 g/mol. The van der Waals surface area contributed by atoms with E-state index >= 15 is 0 Å². The van der Waals surface area contributed by atoms with Crippen molar-refractivity contribution in [2.75, 3.05) is 12.3 Å². The van der Waals surface area contributed by atoms with Crippen LogP contribution in [0, 0.1) is 0 Å². The van der Waals surface area contributed by atoms with Gasteiger partial charge >= 0.3 is 0 Å². The fraction of sp³-hybridized carbons (Fsp3) is 1.00. The lowest BCUT2D eigenvalue weighted by molar-refractivity contribution is 0.609. The van der Waals surface area contributed by atoms with Gasteiger partial charge in [-0.2, -0.15) is 0 Å². The molecule has 0 aliphatic carbocycles. The zero-order valence-corrected chi connectivity index (χ0v) is 8.70. The highest BCUT2D eigenvalue weighted by Gasteiger charge is 2.03. The van der Waals surface area contributed by atoms with Gasteiger partial charge < -0.3 is 5.32 Å². The molecule has 0 rings (SSSR count). The Hall–Kier alpha value is 0.110. The Morgan fingerprint density at radius 1 is 1.27 bits per heavy atom. The Morgan fingerprint density at radius 3 is 2.18 bits per heavy atom. The summed E-state index contributed by atoms with van der Waals surface area (Å²) in [5.41, 5.74) is 0. The zero-order valence-electron chi connectivity index (χ0n) is 7.89. The molecule has 1 atom stereocenters. The van der Waals surface area contributed by atoms with Crippen LogP contribution in [0.5, 0.6) is 0 Å². The molecule has 3 heteroatoms. The van der Waals surface area contributed by atoms with Crippen molar-refractivity contribution < 1.29 is 4.21 Å². The molecule has 0 aromatic carbocycles. The topological polar surface area (TPSA) is 29.1 Å². The Bertz CT molecular complexity index is 123. The lowest BCUT2D eigenvalue weighted by Crippen LogP contribution is -2.28. The predicted octanol–water partition coefficient (Wildman–Crippen LogP) is 1.14. The van der Waals surface area contributed by atoms with E-state index in [-0.39, 0.29) is 0 Å². The van der Waals surface area contributed by atoms with Crippen LogP contribution in [-0.2, 0) is 10.8 Å². The van der Waals surface area contributed by atoms with E-state index in [4.69, 9.17) is 0 Å². The van der Waals surface area contributed by atoms with Crippen molar-refractivity contribution in [3.8, 4) is 0 Å². The van der Waals surface area contributed by atoms with Crippen LogP contribution in [-0.4, -0.2) is 27.8 Å². The Kier molecular flexibility index (Phi) is 5.78. The normalized spacial score (nSPS) is 14.4.